The molecular weight excluding hydrogens is 1650 g/mol. The Morgan fingerprint density at radius 2 is 0.243 bits per heavy atom. The summed E-state index contributed by atoms with van der Waals surface area (Å²) in [7, 11) is 0. The topological polar surface area (TPSA) is 19.4 Å². The van der Waals surface area contributed by atoms with Crippen LogP contribution >= 0.6 is 0 Å². The van der Waals surface area contributed by atoms with Gasteiger partial charge in [-0.3, -0.25) is 0 Å². The van der Waals surface area contributed by atoms with Crippen molar-refractivity contribution in [1.82, 2.24) is 0 Å². The molecule has 0 bridgehead atoms. The van der Waals surface area contributed by atoms with E-state index in [9.17, 15) is 0 Å². The van der Waals surface area contributed by atoms with Crippen molar-refractivity contribution >= 4 is 210 Å². The molecule has 0 aromatic heterocycles. The fourth-order valence-electron chi connectivity index (χ4n) is 20.2. The van der Waals surface area contributed by atoms with Crippen molar-refractivity contribution in [2.75, 3.05) is 29.4 Å². The lowest BCUT2D eigenvalue weighted by molar-refractivity contribution is 1.29. The molecule has 0 N–H and O–H groups in total. The zero-order chi connectivity index (χ0) is 90.5. The van der Waals surface area contributed by atoms with Gasteiger partial charge in [0.15, 0.2) is 0 Å². The van der Waals surface area contributed by atoms with Crippen LogP contribution in [0.5, 0.6) is 0 Å². The molecule has 25 aromatic carbocycles. The first-order valence-corrected chi connectivity index (χ1v) is 46.5. The number of rotatable bonds is 18. The van der Waals surface area contributed by atoms with Gasteiger partial charge in [0.05, 0.1) is 45.5 Å². The Morgan fingerprint density at radius 3 is 0.463 bits per heavy atom. The summed E-state index contributed by atoms with van der Waals surface area (Å²) in [4.78, 5) is 14.6. The van der Waals surface area contributed by atoms with Gasteiger partial charge in [-0.1, -0.05) is 425 Å². The highest BCUT2D eigenvalue weighted by Crippen LogP contribution is 2.57. The monoisotopic (exact) mass is 1740 g/mol. The Bertz CT molecular complexity index is 7870. The number of para-hydroxylation sites is 8. The van der Waals surface area contributed by atoms with Gasteiger partial charge in [-0.15, -0.1) is 0 Å². The van der Waals surface area contributed by atoms with E-state index in [4.69, 9.17) is 0 Å². The average Bonchev–Trinajstić information content (AvgIpc) is 0.724. The quantitative estimate of drug-likeness (QED) is 0.0625. The van der Waals surface area contributed by atoms with E-state index in [2.05, 4.69) is 588 Å². The van der Waals surface area contributed by atoms with Crippen LogP contribution in [-0.2, 0) is 0 Å². The highest BCUT2D eigenvalue weighted by atomic mass is 15.2. The lowest BCUT2D eigenvalue weighted by Gasteiger charge is -2.33. The van der Waals surface area contributed by atoms with E-state index in [-0.39, 0.29) is 0 Å². The predicted octanol–water partition coefficient (Wildman–Crippen LogP) is 37.4. The molecule has 0 saturated heterocycles. The van der Waals surface area contributed by atoms with E-state index in [1.165, 1.54) is 130 Å². The van der Waals surface area contributed by atoms with Crippen molar-refractivity contribution < 1.29 is 0 Å². The lowest BCUT2D eigenvalue weighted by Crippen LogP contribution is -2.15. The maximum Gasteiger partial charge on any atom is 0.0620 e. The maximum absolute atomic E-state index is 2.46. The molecule has 642 valence electrons. The summed E-state index contributed by atoms with van der Waals surface area (Å²) < 4.78 is 0. The van der Waals surface area contributed by atoms with Gasteiger partial charge in [0.25, 0.3) is 0 Å². The summed E-state index contributed by atoms with van der Waals surface area (Å²) in [6.45, 7) is 0. The van der Waals surface area contributed by atoms with Gasteiger partial charge in [-0.2, -0.15) is 0 Å². The molecule has 0 heterocycles. The second-order valence-electron chi connectivity index (χ2n) is 34.1. The summed E-state index contributed by atoms with van der Waals surface area (Å²) in [5.74, 6) is 0. The Hall–Kier alpha value is -18.1. The molecule has 0 amide bonds. The van der Waals surface area contributed by atoms with Gasteiger partial charge in [0, 0.05) is 132 Å². The summed E-state index contributed by atoms with van der Waals surface area (Å²) in [6, 6.07) is 200. The van der Waals surface area contributed by atoms with E-state index in [1.807, 2.05) is 0 Å². The number of benzene rings is 25. The minimum Gasteiger partial charge on any atom is -0.309 e. The lowest BCUT2D eigenvalue weighted by atomic mass is 9.94. The van der Waals surface area contributed by atoms with Crippen LogP contribution in [0.3, 0.4) is 0 Å². The van der Waals surface area contributed by atoms with Crippen molar-refractivity contribution in [3.63, 3.8) is 0 Å². The fourth-order valence-corrected chi connectivity index (χ4v) is 20.2. The molecule has 0 atom stereocenters. The van der Waals surface area contributed by atoms with Crippen LogP contribution in [0.4, 0.5) is 102 Å². The second kappa shape index (κ2) is 37.0. The van der Waals surface area contributed by atoms with E-state index >= 15 is 0 Å². The third kappa shape index (κ3) is 15.5. The largest absolute Gasteiger partial charge is 0.309 e. The highest BCUT2D eigenvalue weighted by molar-refractivity contribution is 6.28. The molecule has 6 nitrogen and oxygen atoms in total. The summed E-state index contributed by atoms with van der Waals surface area (Å²) in [6.07, 6.45) is 0. The smallest absolute Gasteiger partial charge is 0.0620 e. The van der Waals surface area contributed by atoms with Crippen molar-refractivity contribution in [2.45, 2.75) is 0 Å². The Balaban J connectivity index is 0.000000115. The molecule has 0 saturated carbocycles. The van der Waals surface area contributed by atoms with Gasteiger partial charge in [0.1, 0.15) is 0 Å². The Morgan fingerprint density at radius 1 is 0.0882 bits per heavy atom. The molecule has 0 aliphatic rings. The molecule has 0 aliphatic heterocycles. The molecular formula is C130H92N6. The molecule has 0 spiro atoms. The first-order chi connectivity index (χ1) is 67.6. The van der Waals surface area contributed by atoms with Crippen LogP contribution in [-0.4, -0.2) is 0 Å². The van der Waals surface area contributed by atoms with Gasteiger partial charge in [-0.25, -0.2) is 0 Å². The zero-order valence-electron chi connectivity index (χ0n) is 74.8. The standard InChI is InChI=1S/2C46H32N2.C38H28N2/c1-3-21-35(22-4-1)47(43-31-15-19-33-17-7-9-25-37(33)43)45-39-27-11-13-29-41(39)46(42-30-14-12-28-40(42)45)48(36-23-5-2-6-24-36)44-32-16-20-34-18-8-10-26-38(34)44;1-3-19-37(20-4-1)47(39-29-27-33-15-7-9-17-35(33)31-39)45-41-23-11-13-25-43(41)46(44-26-14-12-24-42(44)45)48(38-21-5-2-6-22-38)40-30-28-34-16-8-10-18-36(34)32-40;1-5-17-29(18-6-1)39(30-19-7-2-8-20-30)37-33-25-13-15-27-35(33)38(36-28-16-14-26-34(36)37)40(31-21-9-3-10-22-31)32-23-11-4-12-24-32/h2*1-32H;1-28H. The van der Waals surface area contributed by atoms with E-state index in [1.54, 1.807) is 0 Å². The van der Waals surface area contributed by atoms with E-state index in [0.717, 1.165) is 79.6 Å². The third-order valence-corrected chi connectivity index (χ3v) is 26.1. The summed E-state index contributed by atoms with van der Waals surface area (Å²) in [5.41, 5.74) is 20.5. The van der Waals surface area contributed by atoms with Crippen LogP contribution in [0.15, 0.2) is 558 Å². The predicted molar refractivity (Wildman–Crippen MR) is 582 cm³/mol. The van der Waals surface area contributed by atoms with Crippen molar-refractivity contribution in [3.05, 3.63) is 558 Å². The van der Waals surface area contributed by atoms with Crippen LogP contribution in [0.2, 0.25) is 0 Å². The van der Waals surface area contributed by atoms with Crippen LogP contribution < -0.4 is 29.4 Å². The SMILES string of the molecule is c1ccc(N(c2ccc3ccccc3c2)c2c3ccccc3c(N(c3ccccc3)c3ccc4ccccc4c3)c3ccccc23)cc1.c1ccc(N(c2cccc3ccccc23)c2c3ccccc3c(N(c3ccccc3)c3cccc4ccccc34)c3ccccc23)cc1.c1ccc(N(c2ccccc2)c2c3ccccc3c(N(c3ccccc3)c3ccccc3)c3ccccc23)cc1. The number of hydrogen-bond acceptors (Lipinski definition) is 6. The first kappa shape index (κ1) is 82.3. The Labute approximate surface area is 792 Å². The van der Waals surface area contributed by atoms with Gasteiger partial charge >= 0.3 is 0 Å². The number of nitrogens with zero attached hydrogens (tertiary/aromatic N) is 6. The molecule has 136 heavy (non-hydrogen) atoms. The van der Waals surface area contributed by atoms with Gasteiger partial charge in [-0.05, 0) is 166 Å². The summed E-state index contributed by atoms with van der Waals surface area (Å²) in [5, 5.41) is 24.0. The van der Waals surface area contributed by atoms with Crippen LogP contribution in [0.25, 0.3) is 108 Å². The minimum atomic E-state index is 1.12. The maximum atomic E-state index is 2.46. The summed E-state index contributed by atoms with van der Waals surface area (Å²) >= 11 is 0. The highest BCUT2D eigenvalue weighted by Gasteiger charge is 2.31. The molecule has 6 heteroatoms. The normalized spacial score (nSPS) is 11.2. The third-order valence-electron chi connectivity index (χ3n) is 26.1. The number of hydrogen-bond donors (Lipinski definition) is 0. The van der Waals surface area contributed by atoms with Crippen LogP contribution in [0.1, 0.15) is 0 Å². The van der Waals surface area contributed by atoms with Crippen molar-refractivity contribution in [3.8, 4) is 0 Å². The van der Waals surface area contributed by atoms with Gasteiger partial charge < -0.3 is 29.4 Å². The Kier molecular flexibility index (Phi) is 22.4. The number of fused-ring (bicyclic) bond motifs is 10. The molecule has 0 radical (unpaired) electrons. The molecule has 0 unspecified atom stereocenters. The van der Waals surface area contributed by atoms with Crippen molar-refractivity contribution in [1.29, 1.82) is 0 Å². The van der Waals surface area contributed by atoms with E-state index < -0.39 is 0 Å². The second-order valence-corrected chi connectivity index (χ2v) is 34.1. The molecule has 0 fully saturated rings. The van der Waals surface area contributed by atoms with Gasteiger partial charge in [0.2, 0.25) is 0 Å². The fraction of sp³-hybridized carbons (Fsp3) is 0. The van der Waals surface area contributed by atoms with Crippen LogP contribution in [0, 0.1) is 0 Å². The number of anilines is 18. The first-order valence-electron chi connectivity index (χ1n) is 46.5. The molecule has 25 aromatic rings. The zero-order valence-corrected chi connectivity index (χ0v) is 74.8. The average molecular weight is 1740 g/mol. The molecule has 0 aliphatic carbocycles. The van der Waals surface area contributed by atoms with E-state index in [0.29, 0.717) is 0 Å². The molecule has 25 rings (SSSR count). The van der Waals surface area contributed by atoms with Crippen molar-refractivity contribution in [2.24, 2.45) is 0 Å². The minimum absolute atomic E-state index is 1.12.